The maximum atomic E-state index is 13.0. The number of phenols is 1. The van der Waals surface area contributed by atoms with E-state index in [1.54, 1.807) is 12.1 Å². The number of phenolic OH excluding ortho intramolecular Hbond substituents is 1. The van der Waals surface area contributed by atoms with Crippen molar-refractivity contribution in [3.63, 3.8) is 0 Å². The molecule has 4 unspecified atom stereocenters. The van der Waals surface area contributed by atoms with Gasteiger partial charge in [0, 0.05) is 12.2 Å². The maximum Gasteiger partial charge on any atom is 0.326 e. The Labute approximate surface area is 217 Å². The van der Waals surface area contributed by atoms with Crippen LogP contribution in [-0.4, -0.2) is 70.4 Å². The lowest BCUT2D eigenvalue weighted by Gasteiger charge is -2.25. The Bertz CT molecular complexity index is 867. The molecule has 0 fully saturated rings. The number of carbonyl (C=O) groups excluding carboxylic acids is 3. The fraction of sp³-hybridized carbons (Fsp3) is 0.583. The Hall–Kier alpha value is -2.83. The topological polar surface area (TPSA) is 197 Å². The third-order valence-corrected chi connectivity index (χ3v) is 5.81. The number of rotatable bonds is 16. The van der Waals surface area contributed by atoms with Crippen molar-refractivity contribution in [2.45, 2.75) is 70.1 Å². The van der Waals surface area contributed by atoms with Crippen molar-refractivity contribution in [3.8, 4) is 5.75 Å². The van der Waals surface area contributed by atoms with Gasteiger partial charge < -0.3 is 37.6 Å². The molecule has 36 heavy (non-hydrogen) atoms. The summed E-state index contributed by atoms with van der Waals surface area (Å²) < 4.78 is 0. The van der Waals surface area contributed by atoms with E-state index < -0.39 is 47.9 Å². The van der Waals surface area contributed by atoms with Gasteiger partial charge in [-0.3, -0.25) is 14.4 Å². The van der Waals surface area contributed by atoms with E-state index in [-0.39, 0.29) is 23.8 Å². The van der Waals surface area contributed by atoms with Gasteiger partial charge in [0.25, 0.3) is 0 Å². The van der Waals surface area contributed by atoms with E-state index in [0.717, 1.165) is 0 Å². The molecule has 0 radical (unpaired) electrons. The number of aromatic hydroxyl groups is 1. The van der Waals surface area contributed by atoms with Crippen molar-refractivity contribution in [3.05, 3.63) is 29.8 Å². The first-order valence-corrected chi connectivity index (χ1v) is 12.6. The summed E-state index contributed by atoms with van der Waals surface area (Å²) in [4.78, 5) is 50.0. The number of thiol groups is 1. The standard InChI is InChI=1S/C24H39N5O6S/c1-14(2)11-17(26)21(31)27-18(5-3-4-10-25)22(32)29-20(13-36)23(33)28-19(24(34)35)12-15-6-8-16(30)9-7-15/h6-9,14,17-20,30,36H,3-5,10-13,25-26H2,1-2H3,(H,27,31)(H,28,33)(H,29,32)(H,34,35). The van der Waals surface area contributed by atoms with Crippen molar-refractivity contribution in [2.75, 3.05) is 12.3 Å². The van der Waals surface area contributed by atoms with Crippen LogP contribution in [0, 0.1) is 5.92 Å². The molecule has 4 atom stereocenters. The van der Waals surface area contributed by atoms with E-state index in [4.69, 9.17) is 11.5 Å². The highest BCUT2D eigenvalue weighted by Gasteiger charge is 2.29. The SMILES string of the molecule is CC(C)CC(N)C(=O)NC(CCCCN)C(=O)NC(CS)C(=O)NC(Cc1ccc(O)cc1)C(=O)O. The highest BCUT2D eigenvalue weighted by Crippen LogP contribution is 2.12. The molecule has 0 spiro atoms. The first kappa shape index (κ1) is 31.2. The minimum atomic E-state index is -1.27. The quantitative estimate of drug-likeness (QED) is 0.108. The predicted molar refractivity (Wildman–Crippen MR) is 139 cm³/mol. The molecule has 0 aliphatic rings. The summed E-state index contributed by atoms with van der Waals surface area (Å²) in [6.07, 6.45) is 1.93. The summed E-state index contributed by atoms with van der Waals surface area (Å²) in [5, 5.41) is 26.6. The number of amides is 3. The molecule has 11 nitrogen and oxygen atoms in total. The Morgan fingerprint density at radius 2 is 1.47 bits per heavy atom. The van der Waals surface area contributed by atoms with Crippen LogP contribution in [0.4, 0.5) is 0 Å². The molecule has 202 valence electrons. The Morgan fingerprint density at radius 1 is 0.917 bits per heavy atom. The first-order chi connectivity index (χ1) is 17.0. The van der Waals surface area contributed by atoms with Gasteiger partial charge >= 0.3 is 5.97 Å². The molecule has 0 aliphatic heterocycles. The molecular formula is C24H39N5O6S. The van der Waals surface area contributed by atoms with Gasteiger partial charge in [-0.25, -0.2) is 4.79 Å². The lowest BCUT2D eigenvalue weighted by atomic mass is 10.0. The molecule has 3 amide bonds. The Balaban J connectivity index is 2.87. The second kappa shape index (κ2) is 16.0. The van der Waals surface area contributed by atoms with Crippen LogP contribution in [0.1, 0.15) is 45.1 Å². The van der Waals surface area contributed by atoms with Crippen molar-refractivity contribution in [1.82, 2.24) is 16.0 Å². The molecule has 0 bridgehead atoms. The maximum absolute atomic E-state index is 13.0. The average Bonchev–Trinajstić information content (AvgIpc) is 2.81. The molecule has 1 aromatic carbocycles. The van der Waals surface area contributed by atoms with Crippen LogP contribution >= 0.6 is 12.6 Å². The number of carbonyl (C=O) groups is 4. The van der Waals surface area contributed by atoms with E-state index in [1.165, 1.54) is 12.1 Å². The molecule has 0 aliphatic carbocycles. The van der Waals surface area contributed by atoms with E-state index in [0.29, 0.717) is 37.8 Å². The summed E-state index contributed by atoms with van der Waals surface area (Å²) in [7, 11) is 0. The lowest BCUT2D eigenvalue weighted by Crippen LogP contribution is -2.57. The number of unbranched alkanes of at least 4 members (excludes halogenated alkanes) is 1. The minimum Gasteiger partial charge on any atom is -0.508 e. The van der Waals surface area contributed by atoms with E-state index in [1.807, 2.05) is 13.8 Å². The van der Waals surface area contributed by atoms with Crippen molar-refractivity contribution in [2.24, 2.45) is 17.4 Å². The lowest BCUT2D eigenvalue weighted by molar-refractivity contribution is -0.142. The van der Waals surface area contributed by atoms with Crippen LogP contribution < -0.4 is 27.4 Å². The summed E-state index contributed by atoms with van der Waals surface area (Å²) in [5.41, 5.74) is 12.1. The number of nitrogens with one attached hydrogen (secondary N) is 3. The third kappa shape index (κ3) is 11.3. The Morgan fingerprint density at radius 3 is 2.00 bits per heavy atom. The molecular weight excluding hydrogens is 486 g/mol. The summed E-state index contributed by atoms with van der Waals surface area (Å²) in [6, 6.07) is 1.80. The third-order valence-electron chi connectivity index (χ3n) is 5.45. The largest absolute Gasteiger partial charge is 0.508 e. The zero-order chi connectivity index (χ0) is 27.3. The second-order valence-corrected chi connectivity index (χ2v) is 9.46. The molecule has 1 aromatic rings. The van der Waals surface area contributed by atoms with Crippen molar-refractivity contribution in [1.29, 1.82) is 0 Å². The summed E-state index contributed by atoms with van der Waals surface area (Å²) in [6.45, 7) is 4.29. The number of nitrogens with two attached hydrogens (primary N) is 2. The molecule has 12 heteroatoms. The van der Waals surface area contributed by atoms with E-state index in [9.17, 15) is 29.4 Å². The van der Waals surface area contributed by atoms with Gasteiger partial charge in [0.05, 0.1) is 6.04 Å². The van der Waals surface area contributed by atoms with Crippen LogP contribution in [0.2, 0.25) is 0 Å². The Kier molecular flexibility index (Phi) is 13.9. The fourth-order valence-corrected chi connectivity index (χ4v) is 3.72. The fourth-order valence-electron chi connectivity index (χ4n) is 3.46. The van der Waals surface area contributed by atoms with Crippen LogP contribution in [-0.2, 0) is 25.6 Å². The predicted octanol–water partition coefficient (Wildman–Crippen LogP) is -0.0941. The van der Waals surface area contributed by atoms with Crippen LogP contribution in [0.25, 0.3) is 0 Å². The van der Waals surface area contributed by atoms with Gasteiger partial charge in [-0.15, -0.1) is 0 Å². The normalized spacial score (nSPS) is 14.4. The van der Waals surface area contributed by atoms with Gasteiger partial charge in [0.15, 0.2) is 0 Å². The van der Waals surface area contributed by atoms with E-state index in [2.05, 4.69) is 28.6 Å². The number of carboxylic acids is 1. The zero-order valence-corrected chi connectivity index (χ0v) is 21.7. The molecule has 1 rings (SSSR count). The van der Waals surface area contributed by atoms with Gasteiger partial charge in [-0.1, -0.05) is 26.0 Å². The van der Waals surface area contributed by atoms with Gasteiger partial charge in [-0.2, -0.15) is 12.6 Å². The molecule has 0 heterocycles. The van der Waals surface area contributed by atoms with Crippen molar-refractivity contribution < 1.29 is 29.4 Å². The number of aliphatic carboxylic acids is 1. The number of hydrogen-bond acceptors (Lipinski definition) is 8. The summed E-state index contributed by atoms with van der Waals surface area (Å²) >= 11 is 4.13. The molecule has 0 saturated heterocycles. The monoisotopic (exact) mass is 525 g/mol. The van der Waals surface area contributed by atoms with Crippen LogP contribution in [0.15, 0.2) is 24.3 Å². The zero-order valence-electron chi connectivity index (χ0n) is 20.8. The van der Waals surface area contributed by atoms with Crippen molar-refractivity contribution >= 4 is 36.3 Å². The number of benzene rings is 1. The highest BCUT2D eigenvalue weighted by atomic mass is 32.1. The molecule has 0 saturated carbocycles. The molecule has 9 N–H and O–H groups in total. The van der Waals surface area contributed by atoms with Crippen LogP contribution in [0.3, 0.4) is 0 Å². The average molecular weight is 526 g/mol. The van der Waals surface area contributed by atoms with E-state index >= 15 is 0 Å². The number of carboxylic acid groups (broad SMARTS) is 1. The second-order valence-electron chi connectivity index (χ2n) is 9.10. The smallest absolute Gasteiger partial charge is 0.326 e. The number of hydrogen-bond donors (Lipinski definition) is 8. The van der Waals surface area contributed by atoms with Gasteiger partial charge in [0.1, 0.15) is 23.9 Å². The van der Waals surface area contributed by atoms with Gasteiger partial charge in [-0.05, 0) is 55.8 Å². The minimum absolute atomic E-state index is 0.0277. The van der Waals surface area contributed by atoms with Gasteiger partial charge in [0.2, 0.25) is 17.7 Å². The van der Waals surface area contributed by atoms with Crippen LogP contribution in [0.5, 0.6) is 5.75 Å². The molecule has 0 aromatic heterocycles. The summed E-state index contributed by atoms with van der Waals surface area (Å²) in [5.74, 6) is -2.93. The highest BCUT2D eigenvalue weighted by molar-refractivity contribution is 7.80. The first-order valence-electron chi connectivity index (χ1n) is 12.0.